The number of methoxy groups -OCH3 is 1. The number of hydrogen-bond acceptors (Lipinski definition) is 4. The minimum Gasteiger partial charge on any atom is -0.496 e. The summed E-state index contributed by atoms with van der Waals surface area (Å²) in [6, 6.07) is 4.95. The highest BCUT2D eigenvalue weighted by Gasteiger charge is 2.22. The summed E-state index contributed by atoms with van der Waals surface area (Å²) in [6.07, 6.45) is 0. The van der Waals surface area contributed by atoms with Crippen molar-refractivity contribution < 1.29 is 13.2 Å². The van der Waals surface area contributed by atoms with E-state index in [2.05, 4.69) is 30.8 Å². The van der Waals surface area contributed by atoms with E-state index in [0.29, 0.717) is 27.3 Å². The lowest BCUT2D eigenvalue weighted by Crippen LogP contribution is -2.14. The Morgan fingerprint density at radius 1 is 1.35 bits per heavy atom. The summed E-state index contributed by atoms with van der Waals surface area (Å²) >= 11 is 3.31. The molecule has 108 valence electrons. The van der Waals surface area contributed by atoms with Crippen molar-refractivity contribution in [1.29, 1.82) is 0 Å². The number of aromatic amines is 1. The molecule has 0 aliphatic heterocycles. The molecule has 0 bridgehead atoms. The Kier molecular flexibility index (Phi) is 4.05. The summed E-state index contributed by atoms with van der Waals surface area (Å²) < 4.78 is 33.0. The molecular weight excluding hydrogens is 346 g/mol. The molecule has 0 unspecified atom stereocenters. The van der Waals surface area contributed by atoms with Gasteiger partial charge in [-0.25, -0.2) is 8.42 Å². The van der Waals surface area contributed by atoms with E-state index in [1.807, 2.05) is 0 Å². The second-order valence-electron chi connectivity index (χ2n) is 4.22. The van der Waals surface area contributed by atoms with Crippen molar-refractivity contribution in [3.05, 3.63) is 34.1 Å². The minimum absolute atomic E-state index is 0.171. The van der Waals surface area contributed by atoms with Gasteiger partial charge in [0.2, 0.25) is 0 Å². The van der Waals surface area contributed by atoms with Gasteiger partial charge in [-0.05, 0) is 48.0 Å². The molecule has 0 aliphatic carbocycles. The van der Waals surface area contributed by atoms with E-state index in [0.717, 1.165) is 0 Å². The molecule has 20 heavy (non-hydrogen) atoms. The maximum absolute atomic E-state index is 12.4. The lowest BCUT2D eigenvalue weighted by atomic mass is 10.3. The molecule has 8 heteroatoms. The number of hydrogen-bond donors (Lipinski definition) is 2. The third-order valence-electron chi connectivity index (χ3n) is 2.73. The smallest absolute Gasteiger partial charge is 0.265 e. The number of aryl methyl sites for hydroxylation is 2. The number of rotatable bonds is 4. The van der Waals surface area contributed by atoms with Crippen molar-refractivity contribution in [3.63, 3.8) is 0 Å². The molecule has 1 heterocycles. The minimum atomic E-state index is -3.67. The zero-order valence-corrected chi connectivity index (χ0v) is 13.6. The fourth-order valence-electron chi connectivity index (χ4n) is 1.87. The molecule has 0 atom stereocenters. The molecule has 1 aromatic carbocycles. The highest BCUT2D eigenvalue weighted by Crippen LogP contribution is 2.29. The number of ether oxygens (including phenoxy) is 1. The quantitative estimate of drug-likeness (QED) is 0.878. The summed E-state index contributed by atoms with van der Waals surface area (Å²) in [5.74, 6) is 0.628. The molecule has 6 nitrogen and oxygen atoms in total. The van der Waals surface area contributed by atoms with Gasteiger partial charge >= 0.3 is 0 Å². The monoisotopic (exact) mass is 359 g/mol. The van der Waals surface area contributed by atoms with Gasteiger partial charge in [-0.15, -0.1) is 0 Å². The number of sulfonamides is 1. The summed E-state index contributed by atoms with van der Waals surface area (Å²) in [6.45, 7) is 3.31. The molecule has 0 spiro atoms. The molecule has 0 radical (unpaired) electrons. The predicted octanol–water partition coefficient (Wildman–Crippen LogP) is 2.60. The van der Waals surface area contributed by atoms with Gasteiger partial charge < -0.3 is 4.74 Å². The van der Waals surface area contributed by atoms with Crippen LogP contribution in [-0.2, 0) is 10.0 Å². The van der Waals surface area contributed by atoms with Gasteiger partial charge in [0.05, 0.1) is 28.7 Å². The molecule has 2 N–H and O–H groups in total. The molecule has 0 saturated heterocycles. The van der Waals surface area contributed by atoms with Crippen molar-refractivity contribution in [2.24, 2.45) is 0 Å². The van der Waals surface area contributed by atoms with Crippen LogP contribution in [0.25, 0.3) is 0 Å². The van der Waals surface area contributed by atoms with Crippen molar-refractivity contribution in [3.8, 4) is 5.75 Å². The summed E-state index contributed by atoms with van der Waals surface area (Å²) in [4.78, 5) is 0.171. The third kappa shape index (κ3) is 2.80. The molecule has 0 saturated carbocycles. The van der Waals surface area contributed by atoms with Crippen LogP contribution in [0.4, 0.5) is 5.69 Å². The Morgan fingerprint density at radius 3 is 2.55 bits per heavy atom. The average Bonchev–Trinajstić information content (AvgIpc) is 2.69. The van der Waals surface area contributed by atoms with Crippen LogP contribution < -0.4 is 9.46 Å². The average molecular weight is 360 g/mol. The highest BCUT2D eigenvalue weighted by atomic mass is 79.9. The van der Waals surface area contributed by atoms with Crippen molar-refractivity contribution in [2.45, 2.75) is 18.7 Å². The number of H-pyrrole nitrogens is 1. The first-order valence-corrected chi connectivity index (χ1v) is 8.00. The summed E-state index contributed by atoms with van der Waals surface area (Å²) in [7, 11) is -2.13. The number of aromatic nitrogens is 2. The first-order chi connectivity index (χ1) is 9.35. The van der Waals surface area contributed by atoms with E-state index in [1.165, 1.54) is 0 Å². The Hall–Kier alpha value is -1.54. The van der Waals surface area contributed by atoms with Gasteiger partial charge in [-0.3, -0.25) is 9.82 Å². The van der Waals surface area contributed by atoms with Crippen LogP contribution >= 0.6 is 15.9 Å². The van der Waals surface area contributed by atoms with Crippen LogP contribution in [0.15, 0.2) is 27.6 Å². The first kappa shape index (κ1) is 14.9. The van der Waals surface area contributed by atoms with Gasteiger partial charge in [-0.1, -0.05) is 0 Å². The second kappa shape index (κ2) is 5.45. The normalized spacial score (nSPS) is 11.4. The second-order valence-corrected chi connectivity index (χ2v) is 6.69. The summed E-state index contributed by atoms with van der Waals surface area (Å²) in [5.41, 5.74) is 1.38. The van der Waals surface area contributed by atoms with E-state index >= 15 is 0 Å². The molecule has 1 aromatic heterocycles. The topological polar surface area (TPSA) is 84.1 Å². The van der Waals surface area contributed by atoms with Crippen LogP contribution in [0.5, 0.6) is 5.75 Å². The van der Waals surface area contributed by atoms with Crippen LogP contribution in [0.1, 0.15) is 11.4 Å². The van der Waals surface area contributed by atoms with Crippen LogP contribution in [0.2, 0.25) is 0 Å². The molecule has 0 fully saturated rings. The number of nitrogens with one attached hydrogen (secondary N) is 2. The molecule has 0 aliphatic rings. The van der Waals surface area contributed by atoms with E-state index in [1.54, 1.807) is 39.2 Å². The largest absolute Gasteiger partial charge is 0.496 e. The van der Waals surface area contributed by atoms with Gasteiger partial charge in [-0.2, -0.15) is 5.10 Å². The van der Waals surface area contributed by atoms with Crippen LogP contribution in [0.3, 0.4) is 0 Å². The molecule has 2 aromatic rings. The van der Waals surface area contributed by atoms with Gasteiger partial charge in [0.15, 0.2) is 0 Å². The van der Waals surface area contributed by atoms with E-state index in [4.69, 9.17) is 4.74 Å². The number of nitrogens with zero attached hydrogens (tertiary/aromatic N) is 1. The first-order valence-electron chi connectivity index (χ1n) is 5.73. The zero-order chi connectivity index (χ0) is 14.9. The highest BCUT2D eigenvalue weighted by molar-refractivity contribution is 9.10. The van der Waals surface area contributed by atoms with Crippen LogP contribution in [0, 0.1) is 13.8 Å². The Balaban J connectivity index is 2.36. The fourth-order valence-corrected chi connectivity index (χ4v) is 3.84. The zero-order valence-electron chi connectivity index (χ0n) is 11.2. The number of halogens is 1. The van der Waals surface area contributed by atoms with E-state index in [9.17, 15) is 8.42 Å². The molecule has 0 amide bonds. The predicted molar refractivity (Wildman–Crippen MR) is 79.6 cm³/mol. The Bertz CT molecular complexity index is 721. The fraction of sp³-hybridized carbons (Fsp3) is 0.250. The van der Waals surface area contributed by atoms with E-state index in [-0.39, 0.29) is 4.90 Å². The van der Waals surface area contributed by atoms with Crippen LogP contribution in [-0.4, -0.2) is 25.7 Å². The Morgan fingerprint density at radius 2 is 2.05 bits per heavy atom. The lowest BCUT2D eigenvalue weighted by Gasteiger charge is -2.10. The van der Waals surface area contributed by atoms with Gasteiger partial charge in [0.1, 0.15) is 10.6 Å². The maximum atomic E-state index is 12.4. The maximum Gasteiger partial charge on any atom is 0.265 e. The third-order valence-corrected chi connectivity index (χ3v) is 5.00. The summed E-state index contributed by atoms with van der Waals surface area (Å²) in [5, 5.41) is 6.56. The SMILES string of the molecule is COc1ccc(NS(=O)(=O)c2c(C)n[nH]c2C)cc1Br. The van der Waals surface area contributed by atoms with Crippen molar-refractivity contribution in [1.82, 2.24) is 10.2 Å². The molecular formula is C12H14BrN3O3S. The number of anilines is 1. The standard InChI is InChI=1S/C12H14BrN3O3S/c1-7-12(8(2)15-14-7)20(17,18)16-9-4-5-11(19-3)10(13)6-9/h4-6,16H,1-3H3,(H,14,15). The van der Waals surface area contributed by atoms with Crippen molar-refractivity contribution >= 4 is 31.6 Å². The van der Waals surface area contributed by atoms with E-state index < -0.39 is 10.0 Å². The van der Waals surface area contributed by atoms with Gasteiger partial charge in [0.25, 0.3) is 10.0 Å². The van der Waals surface area contributed by atoms with Crippen molar-refractivity contribution in [2.75, 3.05) is 11.8 Å². The number of benzene rings is 1. The molecule has 2 rings (SSSR count). The Labute approximate surface area is 125 Å². The van der Waals surface area contributed by atoms with Gasteiger partial charge in [0, 0.05) is 0 Å². The lowest BCUT2D eigenvalue weighted by molar-refractivity contribution is 0.412.